The van der Waals surface area contributed by atoms with Crippen molar-refractivity contribution in [1.82, 2.24) is 0 Å². The molecule has 0 unspecified atom stereocenters. The van der Waals surface area contributed by atoms with Gasteiger partial charge in [-0.15, -0.1) is 0 Å². The molecule has 7 rings (SSSR count). The average Bonchev–Trinajstić information content (AvgIpc) is 3.12. The fourth-order valence-corrected chi connectivity index (χ4v) is 7.01. The van der Waals surface area contributed by atoms with Crippen LogP contribution in [0.1, 0.15) is 44.5 Å². The van der Waals surface area contributed by atoms with Crippen LogP contribution >= 0.6 is 0 Å². The number of rotatable bonds is 8. The fraction of sp³-hybridized carbons (Fsp3) is 0.0455. The molecule has 0 fully saturated rings. The Morgan fingerprint density at radius 3 is 0.841 bits per heavy atom. The van der Waals surface area contributed by atoms with Crippen LogP contribution in [0.5, 0.6) is 0 Å². The molecule has 0 heteroatoms. The molecule has 0 atom stereocenters. The molecule has 0 N–H and O–H groups in total. The van der Waals surface area contributed by atoms with Crippen LogP contribution in [0, 0.1) is 6.07 Å². The summed E-state index contributed by atoms with van der Waals surface area (Å²) in [5.74, 6) is 0. The Morgan fingerprint density at radius 2 is 0.545 bits per heavy atom. The Balaban J connectivity index is 1.61. The first-order chi connectivity index (χ1) is 21.8. The first-order valence-corrected chi connectivity index (χ1v) is 15.2. The maximum Gasteiger partial charge on any atom is 0.0707 e. The Bertz CT molecular complexity index is 1580. The van der Waals surface area contributed by atoms with E-state index in [2.05, 4.69) is 206 Å². The third kappa shape index (κ3) is 4.57. The zero-order valence-electron chi connectivity index (χ0n) is 24.6. The molecule has 44 heavy (non-hydrogen) atoms. The lowest BCUT2D eigenvalue weighted by Crippen LogP contribution is -2.34. The molecule has 0 aromatic heterocycles. The lowest BCUT2D eigenvalue weighted by molar-refractivity contribution is 0.717. The van der Waals surface area contributed by atoms with Crippen LogP contribution in [-0.4, -0.2) is 0 Å². The van der Waals surface area contributed by atoms with Gasteiger partial charge in [-0.05, 0) is 50.6 Å². The minimum Gasteiger partial charge on any atom is -0.0622 e. The van der Waals surface area contributed by atoms with Gasteiger partial charge in [-0.2, -0.15) is 0 Å². The summed E-state index contributed by atoms with van der Waals surface area (Å²) in [6.07, 6.45) is 0. The van der Waals surface area contributed by atoms with E-state index >= 15 is 0 Å². The second kappa shape index (κ2) is 12.0. The van der Waals surface area contributed by atoms with Crippen LogP contribution < -0.4 is 0 Å². The first-order valence-electron chi connectivity index (χ1n) is 15.2. The van der Waals surface area contributed by atoms with Crippen LogP contribution in [0.3, 0.4) is 0 Å². The van der Waals surface area contributed by atoms with Gasteiger partial charge in [0.05, 0.1) is 10.8 Å². The quantitative estimate of drug-likeness (QED) is 0.162. The maximum atomic E-state index is 3.77. The molecule has 0 saturated heterocycles. The number of hydrogen-bond donors (Lipinski definition) is 0. The summed E-state index contributed by atoms with van der Waals surface area (Å²) in [7, 11) is 0. The zero-order valence-corrected chi connectivity index (χ0v) is 24.6. The smallest absolute Gasteiger partial charge is 0.0622 e. The normalized spacial score (nSPS) is 11.6. The van der Waals surface area contributed by atoms with Gasteiger partial charge in [0.1, 0.15) is 0 Å². The molecule has 0 amide bonds. The van der Waals surface area contributed by atoms with E-state index in [1.54, 1.807) is 0 Å². The lowest BCUT2D eigenvalue weighted by atomic mass is 9.62. The van der Waals surface area contributed by atoms with Crippen molar-refractivity contribution in [3.05, 3.63) is 251 Å². The first kappa shape index (κ1) is 27.4. The molecule has 0 nitrogen and oxygen atoms in total. The van der Waals surface area contributed by atoms with Gasteiger partial charge < -0.3 is 0 Å². The summed E-state index contributed by atoms with van der Waals surface area (Å²) in [6.45, 7) is 0. The average molecular weight is 562 g/mol. The van der Waals surface area contributed by atoms with E-state index in [1.165, 1.54) is 38.9 Å². The lowest BCUT2D eigenvalue weighted by Gasteiger charge is -2.40. The van der Waals surface area contributed by atoms with Crippen LogP contribution in [0.15, 0.2) is 200 Å². The van der Waals surface area contributed by atoms with Crippen molar-refractivity contribution in [3.8, 4) is 0 Å². The van der Waals surface area contributed by atoms with Crippen molar-refractivity contribution in [2.45, 2.75) is 10.8 Å². The third-order valence-corrected chi connectivity index (χ3v) is 8.88. The minimum atomic E-state index is -0.588. The zero-order chi connectivity index (χ0) is 29.7. The van der Waals surface area contributed by atoms with Gasteiger partial charge in [-0.3, -0.25) is 0 Å². The van der Waals surface area contributed by atoms with Crippen molar-refractivity contribution in [1.29, 1.82) is 0 Å². The molecule has 7 aromatic carbocycles. The molecule has 7 aromatic rings. The van der Waals surface area contributed by atoms with Gasteiger partial charge in [-0.1, -0.05) is 200 Å². The number of hydrogen-bond acceptors (Lipinski definition) is 0. The highest BCUT2D eigenvalue weighted by Gasteiger charge is 2.42. The predicted octanol–water partition coefficient (Wildman–Crippen LogP) is 10.3. The SMILES string of the molecule is [c]1ccc(C(c2ccccc2)(c2ccccc2)c2ccccc2)cc1C(c1ccccc1)(c1ccccc1)c1ccccc1. The molecule has 0 saturated carbocycles. The van der Waals surface area contributed by atoms with Gasteiger partial charge in [0.2, 0.25) is 0 Å². The van der Waals surface area contributed by atoms with Crippen molar-refractivity contribution in [2.24, 2.45) is 0 Å². The summed E-state index contributed by atoms with van der Waals surface area (Å²) in [5.41, 5.74) is 8.44. The van der Waals surface area contributed by atoms with Gasteiger partial charge in [0.15, 0.2) is 0 Å². The summed E-state index contributed by atoms with van der Waals surface area (Å²) >= 11 is 0. The van der Waals surface area contributed by atoms with Crippen molar-refractivity contribution in [2.75, 3.05) is 0 Å². The molecule has 0 aliphatic heterocycles. The van der Waals surface area contributed by atoms with E-state index in [-0.39, 0.29) is 0 Å². The highest BCUT2D eigenvalue weighted by Crippen LogP contribution is 2.49. The highest BCUT2D eigenvalue weighted by atomic mass is 14.4. The van der Waals surface area contributed by atoms with Gasteiger partial charge in [0.25, 0.3) is 0 Å². The van der Waals surface area contributed by atoms with Crippen LogP contribution in [0.4, 0.5) is 0 Å². The highest BCUT2D eigenvalue weighted by molar-refractivity contribution is 5.64. The predicted molar refractivity (Wildman–Crippen MR) is 182 cm³/mol. The third-order valence-electron chi connectivity index (χ3n) is 8.88. The largest absolute Gasteiger partial charge is 0.0707 e. The van der Waals surface area contributed by atoms with Crippen molar-refractivity contribution in [3.63, 3.8) is 0 Å². The fourth-order valence-electron chi connectivity index (χ4n) is 7.01. The molecule has 0 heterocycles. The van der Waals surface area contributed by atoms with Gasteiger partial charge >= 0.3 is 0 Å². The monoisotopic (exact) mass is 561 g/mol. The van der Waals surface area contributed by atoms with Crippen molar-refractivity contribution < 1.29 is 0 Å². The standard InChI is InChI=1S/C44H33/c1-7-20-35(21-8-1)43(36-22-9-2-10-23-36,37-24-11-3-12-25-37)41-32-19-33-42(34-41)44(38-26-13-4-14-27-38,39-28-15-5-16-29-39)40-30-17-6-18-31-40/h1-32,34H. The summed E-state index contributed by atoms with van der Waals surface area (Å²) in [5, 5.41) is 0. The summed E-state index contributed by atoms with van der Waals surface area (Å²) < 4.78 is 0. The van der Waals surface area contributed by atoms with E-state index in [1.807, 2.05) is 0 Å². The maximum absolute atomic E-state index is 3.77. The Morgan fingerprint density at radius 1 is 0.273 bits per heavy atom. The van der Waals surface area contributed by atoms with E-state index in [0.29, 0.717) is 0 Å². The number of benzene rings is 7. The van der Waals surface area contributed by atoms with Crippen LogP contribution in [0.2, 0.25) is 0 Å². The van der Waals surface area contributed by atoms with Crippen LogP contribution in [0.25, 0.3) is 0 Å². The topological polar surface area (TPSA) is 0 Å². The Labute approximate surface area is 261 Å². The minimum absolute atomic E-state index is 0.552. The Hall–Kier alpha value is -5.46. The van der Waals surface area contributed by atoms with Crippen LogP contribution in [-0.2, 0) is 10.8 Å². The molecular formula is C44H33. The molecule has 1 radical (unpaired) electrons. The van der Waals surface area contributed by atoms with E-state index in [4.69, 9.17) is 0 Å². The van der Waals surface area contributed by atoms with Gasteiger partial charge in [0, 0.05) is 0 Å². The second-order valence-electron chi connectivity index (χ2n) is 11.2. The van der Waals surface area contributed by atoms with Crippen molar-refractivity contribution >= 4 is 0 Å². The molecule has 209 valence electrons. The van der Waals surface area contributed by atoms with E-state index in [0.717, 1.165) is 5.56 Å². The Kier molecular flexibility index (Phi) is 7.49. The second-order valence-corrected chi connectivity index (χ2v) is 11.2. The molecule has 0 aliphatic rings. The summed E-state index contributed by atoms with van der Waals surface area (Å²) in [6, 6.07) is 75.9. The summed E-state index contributed by atoms with van der Waals surface area (Å²) in [4.78, 5) is 0. The molecule has 0 spiro atoms. The van der Waals surface area contributed by atoms with E-state index < -0.39 is 10.8 Å². The molecule has 0 aliphatic carbocycles. The molecular weight excluding hydrogens is 528 g/mol. The molecule has 0 bridgehead atoms. The van der Waals surface area contributed by atoms with Gasteiger partial charge in [-0.25, -0.2) is 0 Å². The van der Waals surface area contributed by atoms with E-state index in [9.17, 15) is 0 Å².